The van der Waals surface area contributed by atoms with Crippen LogP contribution in [0.3, 0.4) is 0 Å². The predicted molar refractivity (Wildman–Crippen MR) is 65.0 cm³/mol. The lowest BCUT2D eigenvalue weighted by molar-refractivity contribution is -0.121. The minimum Gasteiger partial charge on any atom is -0.482 e. The quantitative estimate of drug-likeness (QED) is 0.666. The molecule has 0 spiro atoms. The number of carbonyl (C=O) groups is 2. The molecule has 1 aromatic rings. The Morgan fingerprint density at radius 3 is 2.78 bits per heavy atom. The highest BCUT2D eigenvalue weighted by atomic mass is 16.5. The van der Waals surface area contributed by atoms with Crippen LogP contribution in [0.5, 0.6) is 5.75 Å². The number of aromatic nitrogens is 1. The summed E-state index contributed by atoms with van der Waals surface area (Å²) in [4.78, 5) is 25.9. The normalized spacial score (nSPS) is 9.89. The number of hydrogen-bond donors (Lipinski definition) is 3. The van der Waals surface area contributed by atoms with Crippen LogP contribution >= 0.6 is 0 Å². The minimum absolute atomic E-state index is 0.287. The summed E-state index contributed by atoms with van der Waals surface area (Å²) in [5, 5.41) is 4.87. The number of ether oxygens (including phenoxy) is 1. The van der Waals surface area contributed by atoms with Gasteiger partial charge >= 0.3 is 6.03 Å². The molecule has 0 saturated carbocycles. The van der Waals surface area contributed by atoms with Crippen molar-refractivity contribution in [1.29, 1.82) is 0 Å². The van der Waals surface area contributed by atoms with Gasteiger partial charge < -0.3 is 15.8 Å². The number of hydrogen-bond acceptors (Lipinski definition) is 5. The average Bonchev–Trinajstić information content (AvgIpc) is 2.27. The second-order valence-electron chi connectivity index (χ2n) is 3.63. The van der Waals surface area contributed by atoms with Gasteiger partial charge in [0.1, 0.15) is 5.75 Å². The van der Waals surface area contributed by atoms with Crippen molar-refractivity contribution >= 4 is 11.9 Å². The van der Waals surface area contributed by atoms with E-state index in [0.29, 0.717) is 18.0 Å². The summed E-state index contributed by atoms with van der Waals surface area (Å²) in [6.45, 7) is 2.10. The Morgan fingerprint density at radius 2 is 2.17 bits per heavy atom. The van der Waals surface area contributed by atoms with Gasteiger partial charge in [0, 0.05) is 12.2 Å². The van der Waals surface area contributed by atoms with Crippen molar-refractivity contribution in [3.05, 3.63) is 23.5 Å². The molecule has 0 fully saturated rings. The number of nitrogens with zero attached hydrogens (tertiary/aromatic N) is 1. The smallest absolute Gasteiger partial charge is 0.318 e. The summed E-state index contributed by atoms with van der Waals surface area (Å²) >= 11 is 0. The topological polar surface area (TPSA) is 106 Å². The lowest BCUT2D eigenvalue weighted by Gasteiger charge is -2.10. The minimum atomic E-state index is -0.902. The Balaban J connectivity index is 2.66. The first kappa shape index (κ1) is 13.9. The van der Waals surface area contributed by atoms with Gasteiger partial charge in [-0.3, -0.25) is 15.1 Å². The molecule has 0 saturated heterocycles. The molecule has 0 unspecified atom stereocenters. The number of nitrogens with two attached hydrogens (primary N) is 1. The molecule has 0 aliphatic carbocycles. The van der Waals surface area contributed by atoms with Gasteiger partial charge in [-0.1, -0.05) is 0 Å². The number of primary amides is 1. The highest BCUT2D eigenvalue weighted by Gasteiger charge is 2.09. The van der Waals surface area contributed by atoms with Crippen LogP contribution in [0.1, 0.15) is 11.4 Å². The highest BCUT2D eigenvalue weighted by Crippen LogP contribution is 2.16. The molecule has 7 heteroatoms. The lowest BCUT2D eigenvalue weighted by atomic mass is 10.3. The van der Waals surface area contributed by atoms with E-state index < -0.39 is 11.9 Å². The van der Waals surface area contributed by atoms with E-state index in [0.717, 1.165) is 5.69 Å². The largest absolute Gasteiger partial charge is 0.482 e. The molecule has 98 valence electrons. The molecule has 3 amide bonds. The van der Waals surface area contributed by atoms with E-state index in [4.69, 9.17) is 10.5 Å². The molecule has 0 aliphatic heterocycles. The summed E-state index contributed by atoms with van der Waals surface area (Å²) < 4.78 is 5.29. The predicted octanol–water partition coefficient (Wildman–Crippen LogP) is -0.317. The van der Waals surface area contributed by atoms with E-state index in [1.165, 1.54) is 0 Å². The summed E-state index contributed by atoms with van der Waals surface area (Å²) in [6, 6.07) is 2.61. The molecule has 18 heavy (non-hydrogen) atoms. The molecule has 0 radical (unpaired) electrons. The Kier molecular flexibility index (Phi) is 5.06. The van der Waals surface area contributed by atoms with Crippen LogP contribution in [0.4, 0.5) is 4.79 Å². The van der Waals surface area contributed by atoms with Crippen LogP contribution in [-0.2, 0) is 11.3 Å². The molecule has 1 aromatic heterocycles. The summed E-state index contributed by atoms with van der Waals surface area (Å²) in [5.74, 6) is -0.104. The molecular formula is C11H16N4O3. The van der Waals surface area contributed by atoms with Crippen molar-refractivity contribution in [2.45, 2.75) is 13.5 Å². The van der Waals surface area contributed by atoms with Crippen molar-refractivity contribution in [3.8, 4) is 5.75 Å². The van der Waals surface area contributed by atoms with Gasteiger partial charge in [-0.05, 0) is 26.1 Å². The van der Waals surface area contributed by atoms with Crippen molar-refractivity contribution in [3.63, 3.8) is 0 Å². The fourth-order valence-electron chi connectivity index (χ4n) is 1.34. The van der Waals surface area contributed by atoms with Crippen molar-refractivity contribution in [2.75, 3.05) is 13.7 Å². The van der Waals surface area contributed by atoms with Gasteiger partial charge in [0.05, 0.1) is 5.69 Å². The molecular weight excluding hydrogens is 236 g/mol. The lowest BCUT2D eigenvalue weighted by Crippen LogP contribution is -2.38. The van der Waals surface area contributed by atoms with Gasteiger partial charge in [0.2, 0.25) is 0 Å². The first-order valence-electron chi connectivity index (χ1n) is 5.36. The molecule has 1 rings (SSSR count). The van der Waals surface area contributed by atoms with Crippen LogP contribution in [-0.4, -0.2) is 30.6 Å². The molecule has 7 nitrogen and oxygen atoms in total. The van der Waals surface area contributed by atoms with Gasteiger partial charge in [-0.15, -0.1) is 0 Å². The maximum Gasteiger partial charge on any atom is 0.318 e. The van der Waals surface area contributed by atoms with Crippen LogP contribution in [0.15, 0.2) is 12.1 Å². The number of rotatable bonds is 5. The Hall–Kier alpha value is -2.15. The Bertz CT molecular complexity index is 448. The van der Waals surface area contributed by atoms with Crippen molar-refractivity contribution < 1.29 is 14.3 Å². The zero-order valence-electron chi connectivity index (χ0n) is 10.3. The number of aryl methyl sites for hydroxylation is 1. The second-order valence-corrected chi connectivity index (χ2v) is 3.63. The second kappa shape index (κ2) is 6.55. The number of carbonyl (C=O) groups excluding carboxylic acids is 2. The van der Waals surface area contributed by atoms with E-state index in [-0.39, 0.29) is 6.61 Å². The van der Waals surface area contributed by atoms with Crippen LogP contribution in [0.2, 0.25) is 0 Å². The van der Waals surface area contributed by atoms with Gasteiger partial charge in [0.15, 0.2) is 6.61 Å². The molecule has 1 heterocycles. The first-order chi connectivity index (χ1) is 8.52. The third kappa shape index (κ3) is 4.38. The Labute approximate surface area is 105 Å². The molecule has 0 aromatic carbocycles. The van der Waals surface area contributed by atoms with Gasteiger partial charge in [-0.2, -0.15) is 0 Å². The third-order valence-corrected chi connectivity index (χ3v) is 2.04. The average molecular weight is 252 g/mol. The molecule has 0 bridgehead atoms. The van der Waals surface area contributed by atoms with Gasteiger partial charge in [0.25, 0.3) is 5.91 Å². The highest BCUT2D eigenvalue weighted by molar-refractivity contribution is 5.94. The molecule has 0 aliphatic rings. The molecule has 0 atom stereocenters. The zero-order chi connectivity index (χ0) is 13.5. The van der Waals surface area contributed by atoms with Crippen molar-refractivity contribution in [1.82, 2.24) is 15.6 Å². The maximum absolute atomic E-state index is 11.2. The number of nitrogens with one attached hydrogen (secondary N) is 2. The summed E-state index contributed by atoms with van der Waals surface area (Å²) in [5.41, 5.74) is 6.37. The van der Waals surface area contributed by atoms with Crippen LogP contribution < -0.4 is 21.1 Å². The Morgan fingerprint density at radius 1 is 1.44 bits per heavy atom. The first-order valence-corrected chi connectivity index (χ1v) is 5.36. The standard InChI is InChI=1S/C11H16N4O3/c1-7-3-4-9(8(14-7)5-13-2)18-6-10(16)15-11(12)17/h3-4,13H,5-6H2,1-2H3,(H3,12,15,16,17). The number of urea groups is 1. The van der Waals surface area contributed by atoms with E-state index in [1.54, 1.807) is 19.2 Å². The van der Waals surface area contributed by atoms with E-state index in [1.807, 2.05) is 12.2 Å². The molecule has 4 N–H and O–H groups in total. The zero-order valence-corrected chi connectivity index (χ0v) is 10.3. The number of pyridine rings is 1. The fourth-order valence-corrected chi connectivity index (χ4v) is 1.34. The van der Waals surface area contributed by atoms with E-state index in [2.05, 4.69) is 10.3 Å². The van der Waals surface area contributed by atoms with Crippen LogP contribution in [0, 0.1) is 6.92 Å². The van der Waals surface area contributed by atoms with Gasteiger partial charge in [-0.25, -0.2) is 4.79 Å². The number of amides is 3. The van der Waals surface area contributed by atoms with E-state index >= 15 is 0 Å². The summed E-state index contributed by atoms with van der Waals surface area (Å²) in [7, 11) is 1.79. The monoisotopic (exact) mass is 252 g/mol. The van der Waals surface area contributed by atoms with Crippen molar-refractivity contribution in [2.24, 2.45) is 5.73 Å². The van der Waals surface area contributed by atoms with Crippen LogP contribution in [0.25, 0.3) is 0 Å². The maximum atomic E-state index is 11.2. The third-order valence-electron chi connectivity index (χ3n) is 2.04. The number of imide groups is 1. The SMILES string of the molecule is CNCc1nc(C)ccc1OCC(=O)NC(N)=O. The fraction of sp³-hybridized carbons (Fsp3) is 0.364. The summed E-state index contributed by atoms with van der Waals surface area (Å²) in [6.07, 6.45) is 0. The van der Waals surface area contributed by atoms with E-state index in [9.17, 15) is 9.59 Å².